The highest BCUT2D eigenvalue weighted by atomic mass is 16.5. The molecule has 15 heteroatoms. The van der Waals surface area contributed by atoms with Crippen LogP contribution in [0.2, 0.25) is 0 Å². The molecule has 0 bridgehead atoms. The molecule has 0 saturated heterocycles. The van der Waals surface area contributed by atoms with E-state index in [1.807, 2.05) is 6.92 Å². The lowest BCUT2D eigenvalue weighted by molar-refractivity contribution is -0.137. The van der Waals surface area contributed by atoms with Gasteiger partial charge < -0.3 is 66.3 Å². The molecular formula is C57H112O15. The Hall–Kier alpha value is -1.31. The third kappa shape index (κ3) is 66.7. The fourth-order valence-corrected chi connectivity index (χ4v) is 6.81. The molecule has 0 fully saturated rings. The van der Waals surface area contributed by atoms with Gasteiger partial charge in [0.25, 0.3) is 0 Å². The maximum atomic E-state index is 10.9. The summed E-state index contributed by atoms with van der Waals surface area (Å²) < 4.78 is 79.1. The van der Waals surface area contributed by atoms with Crippen LogP contribution in [0, 0.1) is 0 Å². The topological polar surface area (TPSA) is 146 Å². The van der Waals surface area contributed by atoms with Gasteiger partial charge in [0.05, 0.1) is 6.61 Å². The maximum absolute atomic E-state index is 10.9. The van der Waals surface area contributed by atoms with Crippen molar-refractivity contribution >= 4 is 5.97 Å². The van der Waals surface area contributed by atoms with Crippen LogP contribution in [0.1, 0.15) is 174 Å². The van der Waals surface area contributed by atoms with Gasteiger partial charge in [-0.3, -0.25) is 0 Å². The first-order valence-corrected chi connectivity index (χ1v) is 29.1. The van der Waals surface area contributed by atoms with Gasteiger partial charge in [-0.05, 0) is 174 Å². The zero-order valence-electron chi connectivity index (χ0n) is 46.4. The molecule has 0 amide bonds. The van der Waals surface area contributed by atoms with Crippen LogP contribution in [0.5, 0.6) is 0 Å². The second-order valence-corrected chi connectivity index (χ2v) is 18.1. The van der Waals surface area contributed by atoms with E-state index in [0.717, 1.165) is 332 Å². The zero-order chi connectivity index (χ0) is 51.7. The minimum Gasteiger partial charge on any atom is -0.463 e. The highest BCUT2D eigenvalue weighted by molar-refractivity contribution is 5.81. The van der Waals surface area contributed by atoms with E-state index in [0.29, 0.717) is 13.2 Å². The average molecular weight is 1040 g/mol. The maximum Gasteiger partial charge on any atom is 0.330 e. The molecule has 0 rings (SSSR count). The van der Waals surface area contributed by atoms with E-state index >= 15 is 0 Å². The predicted octanol–water partition coefficient (Wildman–Crippen LogP) is 11.1. The van der Waals surface area contributed by atoms with Crippen LogP contribution >= 0.6 is 0 Å². The van der Waals surface area contributed by atoms with E-state index in [2.05, 4.69) is 6.58 Å². The van der Waals surface area contributed by atoms with Crippen molar-refractivity contribution in [3.05, 3.63) is 12.7 Å². The number of ether oxygens (including phenoxy) is 14. The zero-order valence-corrected chi connectivity index (χ0v) is 46.4. The molecule has 0 saturated carbocycles. The molecule has 0 aromatic carbocycles. The fraction of sp³-hybridized carbons (Fsp3) is 0.947. The Bertz CT molecular complexity index is 997. The summed E-state index contributed by atoms with van der Waals surface area (Å²) in [6.07, 6.45) is 27.9. The first-order chi connectivity index (χ1) is 35.8. The Morgan fingerprint density at radius 3 is 0.486 bits per heavy atom. The van der Waals surface area contributed by atoms with E-state index < -0.39 is 0 Å². The van der Waals surface area contributed by atoms with Crippen LogP contribution in [0.3, 0.4) is 0 Å². The largest absolute Gasteiger partial charge is 0.463 e. The van der Waals surface area contributed by atoms with Crippen molar-refractivity contribution in [2.75, 3.05) is 178 Å². The second-order valence-electron chi connectivity index (χ2n) is 18.1. The van der Waals surface area contributed by atoms with Crippen molar-refractivity contribution in [1.29, 1.82) is 0 Å². The number of esters is 1. The predicted molar refractivity (Wildman–Crippen MR) is 288 cm³/mol. The molecule has 72 heavy (non-hydrogen) atoms. The molecular weight excluding hydrogens is 925 g/mol. The van der Waals surface area contributed by atoms with Crippen LogP contribution in [0.25, 0.3) is 0 Å². The Balaban J connectivity index is 3.08. The first-order valence-electron chi connectivity index (χ1n) is 29.1. The van der Waals surface area contributed by atoms with E-state index in [-0.39, 0.29) is 5.97 Å². The van der Waals surface area contributed by atoms with Gasteiger partial charge in [0.1, 0.15) is 0 Å². The van der Waals surface area contributed by atoms with E-state index in [9.17, 15) is 4.79 Å². The molecule has 0 unspecified atom stereocenters. The second kappa shape index (κ2) is 67.7. The summed E-state index contributed by atoms with van der Waals surface area (Å²) in [6.45, 7) is 26.6. The fourth-order valence-electron chi connectivity index (χ4n) is 6.81. The third-order valence-corrected chi connectivity index (χ3v) is 11.2. The number of hydrogen-bond acceptors (Lipinski definition) is 15. The number of rotatable bonds is 67. The van der Waals surface area contributed by atoms with Crippen LogP contribution in [0.4, 0.5) is 0 Å². The Labute approximate surface area is 440 Å². The van der Waals surface area contributed by atoms with Crippen molar-refractivity contribution in [2.45, 2.75) is 174 Å². The summed E-state index contributed by atoms with van der Waals surface area (Å²) in [5, 5.41) is 0. The van der Waals surface area contributed by atoms with Crippen LogP contribution in [-0.2, 0) is 71.1 Å². The lowest BCUT2D eigenvalue weighted by Gasteiger charge is -2.08. The Morgan fingerprint density at radius 1 is 0.236 bits per heavy atom. The summed E-state index contributed by atoms with van der Waals surface area (Å²) >= 11 is 0. The first kappa shape index (κ1) is 70.7. The molecule has 15 nitrogen and oxygen atoms in total. The lowest BCUT2D eigenvalue weighted by Crippen LogP contribution is -2.05. The Kier molecular flexibility index (Phi) is 66.5. The minimum absolute atomic E-state index is 0.369. The lowest BCUT2D eigenvalue weighted by atomic mass is 10.3. The van der Waals surface area contributed by atoms with Crippen molar-refractivity contribution in [2.24, 2.45) is 0 Å². The van der Waals surface area contributed by atoms with Crippen LogP contribution in [0.15, 0.2) is 12.7 Å². The number of carbonyl (C=O) groups excluding carboxylic acids is 1. The highest BCUT2D eigenvalue weighted by Gasteiger charge is 2.01. The van der Waals surface area contributed by atoms with Gasteiger partial charge in [-0.15, -0.1) is 0 Å². The van der Waals surface area contributed by atoms with Crippen molar-refractivity contribution in [3.8, 4) is 0 Å². The van der Waals surface area contributed by atoms with Gasteiger partial charge in [-0.1, -0.05) is 6.58 Å². The SMILES string of the molecule is C=CC(=O)OCCCCOCCCCOCCCCOCCCCOCCCCOCCCCOCCCCOCCCCOCCCCOCCCCOCCCCOCCCCOCCCCOCC. The molecule has 0 spiro atoms. The number of carbonyl (C=O) groups is 1. The quantitative estimate of drug-likeness (QED) is 0.0323. The van der Waals surface area contributed by atoms with Gasteiger partial charge in [0, 0.05) is 178 Å². The van der Waals surface area contributed by atoms with Gasteiger partial charge >= 0.3 is 5.97 Å². The molecule has 430 valence electrons. The molecule has 0 atom stereocenters. The van der Waals surface area contributed by atoms with Crippen LogP contribution < -0.4 is 0 Å². The monoisotopic (exact) mass is 1040 g/mol. The van der Waals surface area contributed by atoms with Gasteiger partial charge in [-0.2, -0.15) is 0 Å². The van der Waals surface area contributed by atoms with Crippen molar-refractivity contribution in [3.63, 3.8) is 0 Å². The number of hydrogen-bond donors (Lipinski definition) is 0. The molecule has 0 heterocycles. The molecule has 0 N–H and O–H groups in total. The summed E-state index contributed by atoms with van der Waals surface area (Å²) in [4.78, 5) is 10.9. The minimum atomic E-state index is -0.369. The molecule has 0 aromatic heterocycles. The summed E-state index contributed by atoms with van der Waals surface area (Å²) in [5.41, 5.74) is 0. The molecule has 0 aromatic rings. The van der Waals surface area contributed by atoms with Gasteiger partial charge in [0.15, 0.2) is 0 Å². The highest BCUT2D eigenvalue weighted by Crippen LogP contribution is 2.04. The number of unbranched alkanes of at least 4 members (excludes halogenated alkanes) is 13. The van der Waals surface area contributed by atoms with E-state index in [4.69, 9.17) is 66.3 Å². The van der Waals surface area contributed by atoms with Crippen LogP contribution in [-0.4, -0.2) is 184 Å². The van der Waals surface area contributed by atoms with Gasteiger partial charge in [-0.25, -0.2) is 4.79 Å². The summed E-state index contributed by atoms with van der Waals surface area (Å²) in [6, 6.07) is 0. The smallest absolute Gasteiger partial charge is 0.330 e. The normalized spacial score (nSPS) is 11.6. The summed E-state index contributed by atoms with van der Waals surface area (Å²) in [7, 11) is 0. The van der Waals surface area contributed by atoms with Crippen molar-refractivity contribution < 1.29 is 71.1 Å². The van der Waals surface area contributed by atoms with Gasteiger partial charge in [0.2, 0.25) is 0 Å². The van der Waals surface area contributed by atoms with Crippen molar-refractivity contribution in [1.82, 2.24) is 0 Å². The standard InChI is InChI=1S/C57H112O15/c1-3-57(58)72-56-30-29-55-71-54-28-27-53-70-52-26-25-51-69-50-24-23-49-68-48-22-21-47-67-46-20-19-45-66-44-18-17-43-65-42-16-15-41-64-40-14-13-39-63-38-12-11-37-62-36-10-9-35-61-34-8-7-33-60-32-6-5-31-59-4-2/h3H,1,4-56H2,2H3. The third-order valence-electron chi connectivity index (χ3n) is 11.2. The molecule has 0 aliphatic heterocycles. The Morgan fingerprint density at radius 2 is 0.361 bits per heavy atom. The van der Waals surface area contributed by atoms with E-state index in [1.54, 1.807) is 0 Å². The molecule has 0 aliphatic carbocycles. The van der Waals surface area contributed by atoms with E-state index in [1.165, 1.54) is 6.08 Å². The summed E-state index contributed by atoms with van der Waals surface area (Å²) in [5.74, 6) is -0.369. The molecule has 0 radical (unpaired) electrons. The molecule has 0 aliphatic rings. The average Bonchev–Trinajstić information content (AvgIpc) is 3.39.